The van der Waals surface area contributed by atoms with Crippen molar-refractivity contribution in [3.05, 3.63) is 52.0 Å². The maximum atomic E-state index is 13.5. The number of nitriles is 1. The first-order chi connectivity index (χ1) is 16.3. The minimum Gasteiger partial charge on any atom is -0.456 e. The van der Waals surface area contributed by atoms with Crippen LogP contribution in [0, 0.1) is 11.3 Å². The number of carbonyl (C=O) groups is 1. The van der Waals surface area contributed by atoms with Gasteiger partial charge in [-0.15, -0.1) is 0 Å². The standard InChI is InChI=1S/C22H22Cl2N4O5S/c23-17-12-18(24)14-19(13-17)33-20-2-1-16(15-25)11-21(20)34(30,31)28-5-3-26(4-6-28)22(29)27-7-9-32-10-8-27/h1-2,11-14H,3-10H2. The topological polar surface area (TPSA) is 103 Å². The molecular weight excluding hydrogens is 503 g/mol. The van der Waals surface area contributed by atoms with E-state index in [1.807, 2.05) is 6.07 Å². The summed E-state index contributed by atoms with van der Waals surface area (Å²) in [6.45, 7) is 2.79. The molecule has 2 aromatic carbocycles. The van der Waals surface area contributed by atoms with Crippen LogP contribution in [0.5, 0.6) is 11.5 Å². The molecule has 9 nitrogen and oxygen atoms in total. The SMILES string of the molecule is N#Cc1ccc(Oc2cc(Cl)cc(Cl)c2)c(S(=O)(=O)N2CCN(C(=O)N3CCOCC3)CC2)c1. The van der Waals surface area contributed by atoms with Gasteiger partial charge in [0.2, 0.25) is 10.0 Å². The fraction of sp³-hybridized carbons (Fsp3) is 0.364. The van der Waals surface area contributed by atoms with Crippen LogP contribution in [0.4, 0.5) is 4.79 Å². The Kier molecular flexibility index (Phi) is 7.50. The molecule has 0 unspecified atom stereocenters. The third-order valence-corrected chi connectivity index (χ3v) is 7.90. The number of urea groups is 1. The smallest absolute Gasteiger partial charge is 0.320 e. The largest absolute Gasteiger partial charge is 0.456 e. The van der Waals surface area contributed by atoms with Gasteiger partial charge in [-0.2, -0.15) is 9.57 Å². The molecule has 0 atom stereocenters. The number of halogens is 2. The predicted molar refractivity (Wildman–Crippen MR) is 126 cm³/mol. The normalized spacial score (nSPS) is 17.3. The number of morpholine rings is 1. The molecule has 2 fully saturated rings. The lowest BCUT2D eigenvalue weighted by atomic mass is 10.2. The zero-order chi connectivity index (χ0) is 24.3. The zero-order valence-corrected chi connectivity index (χ0v) is 20.4. The highest BCUT2D eigenvalue weighted by Gasteiger charge is 2.34. The quantitative estimate of drug-likeness (QED) is 0.606. The lowest BCUT2D eigenvalue weighted by Crippen LogP contribution is -2.55. The van der Waals surface area contributed by atoms with Crippen LogP contribution < -0.4 is 4.74 Å². The van der Waals surface area contributed by atoms with Gasteiger partial charge in [0.15, 0.2) is 0 Å². The molecule has 4 rings (SSSR count). The van der Waals surface area contributed by atoms with E-state index >= 15 is 0 Å². The van der Waals surface area contributed by atoms with Crippen molar-refractivity contribution in [1.82, 2.24) is 14.1 Å². The Morgan fingerprint density at radius 2 is 1.56 bits per heavy atom. The van der Waals surface area contributed by atoms with Crippen LogP contribution in [0.1, 0.15) is 5.56 Å². The molecule has 2 heterocycles. The average Bonchev–Trinajstić information content (AvgIpc) is 2.83. The van der Waals surface area contributed by atoms with Crippen molar-refractivity contribution in [2.24, 2.45) is 0 Å². The number of sulfonamides is 1. The molecule has 180 valence electrons. The first-order valence-electron chi connectivity index (χ1n) is 10.6. The lowest BCUT2D eigenvalue weighted by molar-refractivity contribution is 0.0405. The maximum absolute atomic E-state index is 13.5. The highest BCUT2D eigenvalue weighted by molar-refractivity contribution is 7.89. The molecule has 0 bridgehead atoms. The Hall–Kier alpha value is -2.55. The van der Waals surface area contributed by atoms with E-state index in [4.69, 9.17) is 32.7 Å². The van der Waals surface area contributed by atoms with E-state index in [1.165, 1.54) is 40.7 Å². The second kappa shape index (κ2) is 10.4. The van der Waals surface area contributed by atoms with Crippen LogP contribution in [0.3, 0.4) is 0 Å². The van der Waals surface area contributed by atoms with Crippen molar-refractivity contribution in [2.45, 2.75) is 4.90 Å². The van der Waals surface area contributed by atoms with Gasteiger partial charge in [-0.3, -0.25) is 0 Å². The highest BCUT2D eigenvalue weighted by Crippen LogP contribution is 2.34. The van der Waals surface area contributed by atoms with Crippen LogP contribution >= 0.6 is 23.2 Å². The number of hydrogen-bond acceptors (Lipinski definition) is 6. The van der Waals surface area contributed by atoms with Crippen LogP contribution in [-0.2, 0) is 14.8 Å². The third kappa shape index (κ3) is 5.40. The summed E-state index contributed by atoms with van der Waals surface area (Å²) in [5.41, 5.74) is 0.177. The highest BCUT2D eigenvalue weighted by atomic mass is 35.5. The van der Waals surface area contributed by atoms with Gasteiger partial charge in [-0.25, -0.2) is 13.2 Å². The molecular formula is C22H22Cl2N4O5S. The molecule has 0 spiro atoms. The molecule has 34 heavy (non-hydrogen) atoms. The number of nitrogens with zero attached hydrogens (tertiary/aromatic N) is 4. The first-order valence-corrected chi connectivity index (χ1v) is 12.8. The van der Waals surface area contributed by atoms with Crippen molar-refractivity contribution < 1.29 is 22.7 Å². The minimum atomic E-state index is -4.02. The second-order valence-corrected chi connectivity index (χ2v) is 10.5. The number of rotatable bonds is 4. The molecule has 2 aromatic rings. The van der Waals surface area contributed by atoms with Crippen molar-refractivity contribution in [2.75, 3.05) is 52.5 Å². The number of benzene rings is 2. The van der Waals surface area contributed by atoms with E-state index in [2.05, 4.69) is 0 Å². The summed E-state index contributed by atoms with van der Waals surface area (Å²) >= 11 is 12.1. The lowest BCUT2D eigenvalue weighted by Gasteiger charge is -2.38. The summed E-state index contributed by atoms with van der Waals surface area (Å²) in [4.78, 5) is 15.9. The van der Waals surface area contributed by atoms with Crippen LogP contribution in [0.25, 0.3) is 0 Å². The van der Waals surface area contributed by atoms with Crippen molar-refractivity contribution >= 4 is 39.3 Å². The summed E-state index contributed by atoms with van der Waals surface area (Å²) in [5, 5.41) is 9.99. The second-order valence-electron chi connectivity index (χ2n) is 7.75. The van der Waals surface area contributed by atoms with E-state index in [0.717, 1.165) is 0 Å². The minimum absolute atomic E-state index is 0.0455. The summed E-state index contributed by atoms with van der Waals surface area (Å²) < 4.78 is 39.5. The number of hydrogen-bond donors (Lipinski definition) is 0. The van der Waals surface area contributed by atoms with Crippen molar-refractivity contribution in [3.8, 4) is 17.6 Å². The molecule has 12 heteroatoms. The fourth-order valence-electron chi connectivity index (χ4n) is 3.79. The fourth-order valence-corrected chi connectivity index (χ4v) is 5.86. The van der Waals surface area contributed by atoms with Gasteiger partial charge in [0.1, 0.15) is 16.4 Å². The number of ether oxygens (including phenoxy) is 2. The number of piperazine rings is 1. The van der Waals surface area contributed by atoms with Gasteiger partial charge in [0.05, 0.1) is 24.8 Å². The van der Waals surface area contributed by atoms with Crippen LogP contribution in [0.2, 0.25) is 10.0 Å². The zero-order valence-electron chi connectivity index (χ0n) is 18.1. The molecule has 0 N–H and O–H groups in total. The monoisotopic (exact) mass is 524 g/mol. The molecule has 0 aliphatic carbocycles. The molecule has 2 saturated heterocycles. The van der Waals surface area contributed by atoms with Gasteiger partial charge in [-0.1, -0.05) is 23.2 Å². The van der Waals surface area contributed by atoms with Crippen LogP contribution in [0.15, 0.2) is 41.3 Å². The summed E-state index contributed by atoms with van der Waals surface area (Å²) in [6.07, 6.45) is 0. The average molecular weight is 525 g/mol. The van der Waals surface area contributed by atoms with Crippen LogP contribution in [-0.4, -0.2) is 81.0 Å². The summed E-state index contributed by atoms with van der Waals surface area (Å²) in [5.74, 6) is 0.309. The number of amides is 2. The number of carbonyl (C=O) groups excluding carboxylic acids is 1. The molecule has 2 aliphatic rings. The summed E-state index contributed by atoms with van der Waals surface area (Å²) in [7, 11) is -4.02. The Balaban J connectivity index is 1.54. The Bertz CT molecular complexity index is 1200. The van der Waals surface area contributed by atoms with Crippen molar-refractivity contribution in [3.63, 3.8) is 0 Å². The van der Waals surface area contributed by atoms with Gasteiger partial charge >= 0.3 is 6.03 Å². The maximum Gasteiger partial charge on any atom is 0.320 e. The third-order valence-electron chi connectivity index (χ3n) is 5.55. The van der Waals surface area contributed by atoms with E-state index in [9.17, 15) is 18.5 Å². The Labute approximate surface area is 208 Å². The van der Waals surface area contributed by atoms with E-state index in [-0.39, 0.29) is 54.2 Å². The van der Waals surface area contributed by atoms with E-state index < -0.39 is 10.0 Å². The first kappa shape index (κ1) is 24.6. The molecule has 0 aromatic heterocycles. The van der Waals surface area contributed by atoms with Gasteiger partial charge in [-0.05, 0) is 36.4 Å². The van der Waals surface area contributed by atoms with E-state index in [1.54, 1.807) is 9.80 Å². The van der Waals surface area contributed by atoms with Crippen molar-refractivity contribution in [1.29, 1.82) is 5.26 Å². The van der Waals surface area contributed by atoms with E-state index in [0.29, 0.717) is 36.3 Å². The van der Waals surface area contributed by atoms with Gasteiger partial charge in [0, 0.05) is 49.3 Å². The predicted octanol–water partition coefficient (Wildman–Crippen LogP) is 3.42. The molecule has 2 amide bonds. The molecule has 0 radical (unpaired) electrons. The molecule has 2 aliphatic heterocycles. The Morgan fingerprint density at radius 1 is 0.941 bits per heavy atom. The van der Waals surface area contributed by atoms with Gasteiger partial charge in [0.25, 0.3) is 0 Å². The summed E-state index contributed by atoms with van der Waals surface area (Å²) in [6, 6.07) is 10.6. The van der Waals surface area contributed by atoms with Gasteiger partial charge < -0.3 is 19.3 Å². The molecule has 0 saturated carbocycles. The Morgan fingerprint density at radius 3 is 2.18 bits per heavy atom.